The van der Waals surface area contributed by atoms with Crippen molar-refractivity contribution in [2.45, 2.75) is 6.92 Å². The number of ether oxygens (including phenoxy) is 1. The molecule has 1 aromatic heterocycles. The normalized spacial score (nSPS) is 9.89. The topological polar surface area (TPSA) is 51.2 Å². The van der Waals surface area contributed by atoms with Gasteiger partial charge in [0, 0.05) is 23.6 Å². The lowest BCUT2D eigenvalue weighted by Crippen LogP contribution is -2.12. The molecular formula is C14H14N2O2. The predicted octanol–water partition coefficient (Wildman–Crippen LogP) is 2.65. The summed E-state index contributed by atoms with van der Waals surface area (Å²) in [5.41, 5.74) is 2.28. The molecule has 0 saturated heterocycles. The number of benzene rings is 1. The predicted molar refractivity (Wildman–Crippen MR) is 69.9 cm³/mol. The van der Waals surface area contributed by atoms with E-state index in [2.05, 4.69) is 10.3 Å². The summed E-state index contributed by atoms with van der Waals surface area (Å²) in [6.07, 6.45) is 3.26. The molecule has 0 aliphatic rings. The Labute approximate surface area is 106 Å². The molecule has 2 aromatic rings. The molecule has 0 bridgehead atoms. The van der Waals surface area contributed by atoms with Crippen molar-refractivity contribution in [2.75, 3.05) is 12.4 Å². The maximum absolute atomic E-state index is 12.0. The van der Waals surface area contributed by atoms with E-state index in [1.54, 1.807) is 43.8 Å². The molecule has 92 valence electrons. The minimum atomic E-state index is -0.167. The summed E-state index contributed by atoms with van der Waals surface area (Å²) in [4.78, 5) is 15.9. The quantitative estimate of drug-likeness (QED) is 0.900. The van der Waals surface area contributed by atoms with Crippen molar-refractivity contribution in [2.24, 2.45) is 0 Å². The van der Waals surface area contributed by atoms with E-state index in [0.717, 1.165) is 11.3 Å². The average molecular weight is 242 g/mol. The van der Waals surface area contributed by atoms with E-state index < -0.39 is 0 Å². The van der Waals surface area contributed by atoms with Gasteiger partial charge in [-0.3, -0.25) is 9.78 Å². The molecule has 18 heavy (non-hydrogen) atoms. The van der Waals surface area contributed by atoms with E-state index in [-0.39, 0.29) is 5.91 Å². The van der Waals surface area contributed by atoms with E-state index in [9.17, 15) is 4.79 Å². The lowest BCUT2D eigenvalue weighted by atomic mass is 10.1. The van der Waals surface area contributed by atoms with Crippen LogP contribution in [0, 0.1) is 6.92 Å². The number of anilines is 1. The summed E-state index contributed by atoms with van der Waals surface area (Å²) in [6, 6.07) is 8.84. The molecule has 1 aromatic carbocycles. The van der Waals surface area contributed by atoms with E-state index >= 15 is 0 Å². The van der Waals surface area contributed by atoms with E-state index in [4.69, 9.17) is 4.74 Å². The van der Waals surface area contributed by atoms with Gasteiger partial charge in [-0.15, -0.1) is 0 Å². The lowest BCUT2D eigenvalue weighted by Gasteiger charge is -2.08. The van der Waals surface area contributed by atoms with Crippen LogP contribution in [0.1, 0.15) is 15.9 Å². The fourth-order valence-electron chi connectivity index (χ4n) is 1.60. The number of aryl methyl sites for hydroxylation is 1. The highest BCUT2D eigenvalue weighted by Gasteiger charge is 2.08. The average Bonchev–Trinajstić information content (AvgIpc) is 2.40. The summed E-state index contributed by atoms with van der Waals surface area (Å²) >= 11 is 0. The number of aromatic nitrogens is 1. The second-order valence-corrected chi connectivity index (χ2v) is 3.87. The molecule has 0 atom stereocenters. The molecular weight excluding hydrogens is 228 g/mol. The lowest BCUT2D eigenvalue weighted by molar-refractivity contribution is 0.102. The fraction of sp³-hybridized carbons (Fsp3) is 0.143. The van der Waals surface area contributed by atoms with Crippen LogP contribution >= 0.6 is 0 Å². The van der Waals surface area contributed by atoms with Gasteiger partial charge in [0.05, 0.1) is 7.11 Å². The molecule has 2 rings (SSSR count). The number of pyridine rings is 1. The van der Waals surface area contributed by atoms with Crippen LogP contribution in [0.2, 0.25) is 0 Å². The molecule has 0 radical (unpaired) electrons. The monoisotopic (exact) mass is 242 g/mol. The van der Waals surface area contributed by atoms with E-state index in [1.165, 1.54) is 0 Å². The zero-order valence-electron chi connectivity index (χ0n) is 10.3. The molecule has 1 heterocycles. The first kappa shape index (κ1) is 12.1. The first-order valence-corrected chi connectivity index (χ1v) is 5.56. The van der Waals surface area contributed by atoms with Crippen molar-refractivity contribution >= 4 is 11.6 Å². The maximum atomic E-state index is 12.0. The largest absolute Gasteiger partial charge is 0.496 e. The van der Waals surface area contributed by atoms with Gasteiger partial charge in [0.15, 0.2) is 0 Å². The van der Waals surface area contributed by atoms with Gasteiger partial charge in [-0.25, -0.2) is 0 Å². The highest BCUT2D eigenvalue weighted by atomic mass is 16.5. The summed E-state index contributed by atoms with van der Waals surface area (Å²) < 4.78 is 5.20. The second-order valence-electron chi connectivity index (χ2n) is 3.87. The van der Waals surface area contributed by atoms with E-state index in [0.29, 0.717) is 11.3 Å². The Kier molecular flexibility index (Phi) is 3.57. The van der Waals surface area contributed by atoms with Crippen LogP contribution in [0.4, 0.5) is 5.69 Å². The van der Waals surface area contributed by atoms with Crippen molar-refractivity contribution in [3.63, 3.8) is 0 Å². The Hall–Kier alpha value is -2.36. The second kappa shape index (κ2) is 5.31. The molecule has 0 aliphatic carbocycles. The molecule has 4 nitrogen and oxygen atoms in total. The number of nitrogens with zero attached hydrogens (tertiary/aromatic N) is 1. The highest BCUT2D eigenvalue weighted by Crippen LogP contribution is 2.19. The molecule has 0 spiro atoms. The highest BCUT2D eigenvalue weighted by molar-refractivity contribution is 6.04. The zero-order chi connectivity index (χ0) is 13.0. The van der Waals surface area contributed by atoms with Crippen LogP contribution in [-0.4, -0.2) is 18.0 Å². The minimum absolute atomic E-state index is 0.167. The van der Waals surface area contributed by atoms with Gasteiger partial charge in [0.1, 0.15) is 5.75 Å². The number of nitrogens with one attached hydrogen (secondary N) is 1. The first-order valence-electron chi connectivity index (χ1n) is 5.56. The molecule has 1 amide bonds. The number of rotatable bonds is 3. The Morgan fingerprint density at radius 3 is 2.61 bits per heavy atom. The van der Waals surface area contributed by atoms with Crippen molar-refractivity contribution in [1.82, 2.24) is 4.98 Å². The smallest absolute Gasteiger partial charge is 0.255 e. The Morgan fingerprint density at radius 2 is 1.94 bits per heavy atom. The number of methoxy groups -OCH3 is 1. The fourth-order valence-corrected chi connectivity index (χ4v) is 1.60. The number of hydrogen-bond acceptors (Lipinski definition) is 3. The van der Waals surface area contributed by atoms with Gasteiger partial charge >= 0.3 is 0 Å². The van der Waals surface area contributed by atoms with Crippen molar-refractivity contribution in [1.29, 1.82) is 0 Å². The van der Waals surface area contributed by atoms with Gasteiger partial charge in [0.25, 0.3) is 5.91 Å². The molecule has 0 saturated carbocycles. The maximum Gasteiger partial charge on any atom is 0.255 e. The Balaban J connectivity index is 2.19. The van der Waals surface area contributed by atoms with Crippen LogP contribution < -0.4 is 10.1 Å². The molecule has 0 unspecified atom stereocenters. The number of amides is 1. The number of hydrogen-bond donors (Lipinski definition) is 1. The van der Waals surface area contributed by atoms with Gasteiger partial charge in [-0.05, 0) is 36.8 Å². The third-order valence-electron chi connectivity index (χ3n) is 2.61. The van der Waals surface area contributed by atoms with Crippen LogP contribution in [-0.2, 0) is 0 Å². The van der Waals surface area contributed by atoms with Crippen LogP contribution in [0.5, 0.6) is 5.75 Å². The molecule has 0 aliphatic heterocycles. The third-order valence-corrected chi connectivity index (χ3v) is 2.61. The summed E-state index contributed by atoms with van der Waals surface area (Å²) in [5.74, 6) is 0.539. The van der Waals surface area contributed by atoms with E-state index in [1.807, 2.05) is 13.0 Å². The number of carbonyl (C=O) groups excluding carboxylic acids is 1. The van der Waals surface area contributed by atoms with Crippen LogP contribution in [0.15, 0.2) is 42.7 Å². The van der Waals surface area contributed by atoms with Crippen molar-refractivity contribution in [3.05, 3.63) is 53.9 Å². The zero-order valence-corrected chi connectivity index (χ0v) is 10.3. The number of carbonyl (C=O) groups is 1. The minimum Gasteiger partial charge on any atom is -0.496 e. The molecule has 0 fully saturated rings. The van der Waals surface area contributed by atoms with Crippen LogP contribution in [0.25, 0.3) is 0 Å². The van der Waals surface area contributed by atoms with Gasteiger partial charge in [0.2, 0.25) is 0 Å². The molecule has 4 heteroatoms. The molecule has 1 N–H and O–H groups in total. The van der Waals surface area contributed by atoms with Crippen molar-refractivity contribution in [3.8, 4) is 5.75 Å². The Morgan fingerprint density at radius 1 is 1.22 bits per heavy atom. The summed E-state index contributed by atoms with van der Waals surface area (Å²) in [5, 5.41) is 2.79. The third kappa shape index (κ3) is 2.66. The van der Waals surface area contributed by atoms with Crippen molar-refractivity contribution < 1.29 is 9.53 Å². The summed E-state index contributed by atoms with van der Waals surface area (Å²) in [7, 11) is 1.59. The van der Waals surface area contributed by atoms with Gasteiger partial charge in [-0.2, -0.15) is 0 Å². The van der Waals surface area contributed by atoms with Gasteiger partial charge < -0.3 is 10.1 Å². The summed E-state index contributed by atoms with van der Waals surface area (Å²) in [6.45, 7) is 1.93. The van der Waals surface area contributed by atoms with Crippen LogP contribution in [0.3, 0.4) is 0 Å². The standard InChI is InChI=1S/C14H14N2O2/c1-10-3-4-11(9-13(10)18-2)14(17)16-12-5-7-15-8-6-12/h3-9H,1-2H3,(H,15,16,17). The SMILES string of the molecule is COc1cc(C(=O)Nc2ccncc2)ccc1C. The first-order chi connectivity index (χ1) is 8.70. The van der Waals surface area contributed by atoms with Gasteiger partial charge in [-0.1, -0.05) is 6.07 Å². The Bertz CT molecular complexity index is 553.